The maximum absolute atomic E-state index is 9.24. The van der Waals surface area contributed by atoms with Crippen LogP contribution in [0.1, 0.15) is 47.7 Å². The van der Waals surface area contributed by atoms with Crippen LogP contribution in [0.25, 0.3) is 0 Å². The van der Waals surface area contributed by atoms with Crippen molar-refractivity contribution in [1.29, 1.82) is 0 Å². The molecule has 0 aliphatic heterocycles. The number of benzene rings is 1. The maximum Gasteiger partial charge on any atom is 0.0681 e. The Labute approximate surface area is 130 Å². The summed E-state index contributed by atoms with van der Waals surface area (Å²) in [5.74, 6) is 0.768. The van der Waals surface area contributed by atoms with Gasteiger partial charge >= 0.3 is 0 Å². The number of aliphatic hydroxyl groups is 1. The summed E-state index contributed by atoms with van der Waals surface area (Å²) in [5.41, 5.74) is 2.24. The molecule has 1 atom stereocenters. The molecule has 0 radical (unpaired) electrons. The Morgan fingerprint density at radius 1 is 1.14 bits per heavy atom. The number of nitrogens with one attached hydrogen (secondary N) is 1. The second-order valence-electron chi connectivity index (χ2n) is 5.90. The first kappa shape index (κ1) is 14.8. The lowest BCUT2D eigenvalue weighted by Crippen LogP contribution is -2.26. The molecule has 1 unspecified atom stereocenters. The topological polar surface area (TPSA) is 32.3 Å². The van der Waals surface area contributed by atoms with Gasteiger partial charge in [-0.2, -0.15) is 0 Å². The van der Waals surface area contributed by atoms with Crippen LogP contribution in [0.2, 0.25) is 0 Å². The lowest BCUT2D eigenvalue weighted by atomic mass is 9.96. The van der Waals surface area contributed by atoms with Crippen molar-refractivity contribution >= 4 is 11.3 Å². The van der Waals surface area contributed by atoms with E-state index >= 15 is 0 Å². The monoisotopic (exact) mass is 301 g/mol. The van der Waals surface area contributed by atoms with Crippen LogP contribution in [0.5, 0.6) is 0 Å². The molecule has 3 rings (SSSR count). The third-order valence-corrected chi connectivity index (χ3v) is 5.38. The van der Waals surface area contributed by atoms with E-state index in [1.54, 1.807) is 0 Å². The zero-order valence-electron chi connectivity index (χ0n) is 12.3. The van der Waals surface area contributed by atoms with Crippen molar-refractivity contribution in [2.45, 2.75) is 44.9 Å². The largest absolute Gasteiger partial charge is 0.392 e. The third-order valence-electron chi connectivity index (χ3n) is 4.42. The fourth-order valence-corrected chi connectivity index (χ4v) is 4.22. The van der Waals surface area contributed by atoms with E-state index in [4.69, 9.17) is 0 Å². The molecule has 1 aliphatic rings. The standard InChI is InChI=1S/C18H23NOS/c20-13-15-6-3-5-14(11-15)12-19-18(16-7-1-2-8-16)17-9-4-10-21-17/h3-6,9-11,16,18-20H,1-2,7-8,12-13H2. The van der Waals surface area contributed by atoms with Crippen LogP contribution in [-0.4, -0.2) is 5.11 Å². The molecule has 1 fully saturated rings. The Bertz CT molecular complexity index is 546. The molecule has 2 aromatic rings. The molecule has 3 heteroatoms. The van der Waals surface area contributed by atoms with Crippen LogP contribution in [0.15, 0.2) is 41.8 Å². The molecule has 1 aromatic heterocycles. The zero-order valence-corrected chi connectivity index (χ0v) is 13.1. The van der Waals surface area contributed by atoms with E-state index in [-0.39, 0.29) is 6.61 Å². The maximum atomic E-state index is 9.24. The lowest BCUT2D eigenvalue weighted by Gasteiger charge is -2.24. The molecule has 2 N–H and O–H groups in total. The van der Waals surface area contributed by atoms with E-state index in [0.29, 0.717) is 6.04 Å². The van der Waals surface area contributed by atoms with E-state index in [1.807, 2.05) is 23.5 Å². The van der Waals surface area contributed by atoms with Crippen molar-refractivity contribution in [2.24, 2.45) is 5.92 Å². The van der Waals surface area contributed by atoms with Crippen molar-refractivity contribution in [2.75, 3.05) is 0 Å². The predicted molar refractivity (Wildman–Crippen MR) is 88.2 cm³/mol. The van der Waals surface area contributed by atoms with Crippen molar-refractivity contribution in [1.82, 2.24) is 5.32 Å². The summed E-state index contributed by atoms with van der Waals surface area (Å²) in [6.07, 6.45) is 5.42. The zero-order chi connectivity index (χ0) is 14.5. The summed E-state index contributed by atoms with van der Waals surface area (Å²) < 4.78 is 0. The molecule has 21 heavy (non-hydrogen) atoms. The summed E-state index contributed by atoms with van der Waals surface area (Å²) in [6, 6.07) is 13.1. The minimum atomic E-state index is 0.116. The van der Waals surface area contributed by atoms with Crippen LogP contribution >= 0.6 is 11.3 Å². The van der Waals surface area contributed by atoms with Crippen molar-refractivity contribution in [3.63, 3.8) is 0 Å². The molecule has 112 valence electrons. The van der Waals surface area contributed by atoms with Crippen molar-refractivity contribution < 1.29 is 5.11 Å². The Hall–Kier alpha value is -1.16. The van der Waals surface area contributed by atoms with Gasteiger partial charge in [0.05, 0.1) is 6.61 Å². The highest BCUT2D eigenvalue weighted by Gasteiger charge is 2.26. The Kier molecular flexibility index (Phi) is 5.07. The molecular weight excluding hydrogens is 278 g/mol. The highest BCUT2D eigenvalue weighted by atomic mass is 32.1. The molecule has 0 spiro atoms. The van der Waals surface area contributed by atoms with Crippen molar-refractivity contribution in [3.8, 4) is 0 Å². The molecule has 1 heterocycles. The van der Waals surface area contributed by atoms with Gasteiger partial charge < -0.3 is 10.4 Å². The van der Waals surface area contributed by atoms with Gasteiger partial charge in [0.25, 0.3) is 0 Å². The first-order chi connectivity index (χ1) is 10.4. The smallest absolute Gasteiger partial charge is 0.0681 e. The first-order valence-electron chi connectivity index (χ1n) is 7.82. The van der Waals surface area contributed by atoms with Crippen LogP contribution in [0.4, 0.5) is 0 Å². The predicted octanol–water partition coefficient (Wildman–Crippen LogP) is 4.26. The van der Waals surface area contributed by atoms with Gasteiger partial charge in [-0.3, -0.25) is 0 Å². The molecule has 1 aliphatic carbocycles. The molecule has 2 nitrogen and oxygen atoms in total. The van der Waals surface area contributed by atoms with Crippen LogP contribution in [0, 0.1) is 5.92 Å². The lowest BCUT2D eigenvalue weighted by molar-refractivity contribution is 0.281. The minimum absolute atomic E-state index is 0.116. The fraction of sp³-hybridized carbons (Fsp3) is 0.444. The molecule has 0 amide bonds. The summed E-state index contributed by atoms with van der Waals surface area (Å²) in [4.78, 5) is 1.46. The highest BCUT2D eigenvalue weighted by molar-refractivity contribution is 7.10. The normalized spacial score (nSPS) is 17.2. The molecule has 0 bridgehead atoms. The van der Waals surface area contributed by atoms with Crippen LogP contribution in [-0.2, 0) is 13.2 Å². The van der Waals surface area contributed by atoms with E-state index in [9.17, 15) is 5.11 Å². The van der Waals surface area contributed by atoms with Crippen LogP contribution in [0.3, 0.4) is 0 Å². The van der Waals surface area contributed by atoms with Gasteiger partial charge in [0.15, 0.2) is 0 Å². The second kappa shape index (κ2) is 7.21. The Morgan fingerprint density at radius 2 is 1.95 bits per heavy atom. The number of hydrogen-bond acceptors (Lipinski definition) is 3. The second-order valence-corrected chi connectivity index (χ2v) is 6.88. The number of hydrogen-bond donors (Lipinski definition) is 2. The average Bonchev–Trinajstić information content (AvgIpc) is 3.21. The van der Waals surface area contributed by atoms with Gasteiger partial charge in [0.1, 0.15) is 0 Å². The van der Waals surface area contributed by atoms with E-state index in [2.05, 4.69) is 35.0 Å². The van der Waals surface area contributed by atoms with Gasteiger partial charge in [-0.25, -0.2) is 0 Å². The summed E-state index contributed by atoms with van der Waals surface area (Å²) in [6.45, 7) is 0.984. The first-order valence-corrected chi connectivity index (χ1v) is 8.70. The molecule has 1 saturated carbocycles. The molecular formula is C18H23NOS. The van der Waals surface area contributed by atoms with Gasteiger partial charge in [0, 0.05) is 17.5 Å². The Morgan fingerprint density at radius 3 is 2.67 bits per heavy atom. The average molecular weight is 301 g/mol. The van der Waals surface area contributed by atoms with Gasteiger partial charge in [-0.1, -0.05) is 43.2 Å². The van der Waals surface area contributed by atoms with Crippen LogP contribution < -0.4 is 5.32 Å². The molecule has 0 saturated heterocycles. The number of aliphatic hydroxyl groups excluding tert-OH is 1. The Balaban J connectivity index is 1.69. The number of thiophene rings is 1. The van der Waals surface area contributed by atoms with E-state index < -0.39 is 0 Å². The van der Waals surface area contributed by atoms with Gasteiger partial charge in [0.2, 0.25) is 0 Å². The highest BCUT2D eigenvalue weighted by Crippen LogP contribution is 2.37. The third kappa shape index (κ3) is 3.73. The van der Waals surface area contributed by atoms with E-state index in [0.717, 1.165) is 18.0 Å². The summed E-state index contributed by atoms with van der Waals surface area (Å²) in [5, 5.41) is 15.2. The summed E-state index contributed by atoms with van der Waals surface area (Å²) >= 11 is 1.86. The van der Waals surface area contributed by atoms with E-state index in [1.165, 1.54) is 36.1 Å². The SMILES string of the molecule is OCc1cccc(CNC(c2cccs2)C2CCCC2)c1. The fourth-order valence-electron chi connectivity index (χ4n) is 3.32. The van der Waals surface area contributed by atoms with Gasteiger partial charge in [-0.05, 0) is 41.3 Å². The quantitative estimate of drug-likeness (QED) is 0.835. The number of rotatable bonds is 6. The van der Waals surface area contributed by atoms with Gasteiger partial charge in [-0.15, -0.1) is 11.3 Å². The van der Waals surface area contributed by atoms with Crippen molar-refractivity contribution in [3.05, 3.63) is 57.8 Å². The minimum Gasteiger partial charge on any atom is -0.392 e. The molecule has 1 aromatic carbocycles. The summed E-state index contributed by atoms with van der Waals surface area (Å²) in [7, 11) is 0.